The second-order valence-corrected chi connectivity index (χ2v) is 11.0. The highest BCUT2D eigenvalue weighted by Crippen LogP contribution is 2.42. The minimum absolute atomic E-state index is 0.318. The fourth-order valence-corrected chi connectivity index (χ4v) is 5.22. The number of hydrogen-bond donors (Lipinski definition) is 0. The Morgan fingerprint density at radius 3 is 2.53 bits per heavy atom. The molecule has 0 aromatic heterocycles. The van der Waals surface area contributed by atoms with Crippen molar-refractivity contribution < 1.29 is 13.9 Å². The number of hydrogen-bond acceptors (Lipinski definition) is 4. The maximum absolute atomic E-state index is 14.1. The van der Waals surface area contributed by atoms with Crippen molar-refractivity contribution in [1.82, 2.24) is 9.80 Å². The first-order valence-electron chi connectivity index (χ1n) is 13.6. The molecule has 1 aliphatic carbocycles. The van der Waals surface area contributed by atoms with Crippen molar-refractivity contribution in [3.63, 3.8) is 0 Å². The number of nitrogens with zero attached hydrogens (tertiary/aromatic N) is 2. The van der Waals surface area contributed by atoms with E-state index in [1.165, 1.54) is 49.8 Å². The SMILES string of the molecule is C=C(CCCN1CC2(C1)CN(C1=CC(=Cc3ccc(OC(C)(F)CC)cc3)C=C1)C2)CCOCCC. The Labute approximate surface area is 217 Å². The second kappa shape index (κ2) is 11.8. The molecule has 2 fully saturated rings. The first kappa shape index (κ1) is 26.7. The Hall–Kier alpha value is -2.37. The topological polar surface area (TPSA) is 24.9 Å². The number of rotatable bonds is 14. The van der Waals surface area contributed by atoms with Crippen LogP contribution in [-0.4, -0.2) is 61.6 Å². The number of alkyl halides is 1. The summed E-state index contributed by atoms with van der Waals surface area (Å²) in [5.41, 5.74) is 5.40. The molecule has 1 aromatic carbocycles. The third-order valence-corrected chi connectivity index (χ3v) is 7.43. The van der Waals surface area contributed by atoms with E-state index in [9.17, 15) is 4.39 Å². The van der Waals surface area contributed by atoms with Gasteiger partial charge in [-0.3, -0.25) is 0 Å². The molecule has 4 nitrogen and oxygen atoms in total. The molecule has 196 valence electrons. The predicted molar refractivity (Wildman–Crippen MR) is 147 cm³/mol. The fourth-order valence-electron chi connectivity index (χ4n) is 5.22. The molecule has 1 aromatic rings. The highest BCUT2D eigenvalue weighted by atomic mass is 19.2. The van der Waals surface area contributed by atoms with Crippen molar-refractivity contribution >= 4 is 6.08 Å². The molecule has 5 heteroatoms. The van der Waals surface area contributed by atoms with E-state index < -0.39 is 5.85 Å². The van der Waals surface area contributed by atoms with E-state index in [0.29, 0.717) is 17.6 Å². The van der Waals surface area contributed by atoms with Crippen molar-refractivity contribution in [2.24, 2.45) is 5.41 Å². The summed E-state index contributed by atoms with van der Waals surface area (Å²) in [7, 11) is 0. The largest absolute Gasteiger partial charge is 0.458 e. The zero-order valence-electron chi connectivity index (χ0n) is 22.4. The Balaban J connectivity index is 1.15. The van der Waals surface area contributed by atoms with Crippen LogP contribution in [-0.2, 0) is 4.74 Å². The van der Waals surface area contributed by atoms with Crippen LogP contribution in [0.15, 0.2) is 65.9 Å². The summed E-state index contributed by atoms with van der Waals surface area (Å²) in [5.74, 6) is -1.07. The van der Waals surface area contributed by atoms with Gasteiger partial charge in [0.05, 0.1) is 6.61 Å². The number of benzene rings is 1. The van der Waals surface area contributed by atoms with Gasteiger partial charge in [-0.05, 0) is 73.7 Å². The number of ether oxygens (including phenoxy) is 2. The average Bonchev–Trinajstić information content (AvgIpc) is 3.26. The normalized spacial score (nSPS) is 21.3. The second-order valence-electron chi connectivity index (χ2n) is 11.0. The maximum Gasteiger partial charge on any atom is 0.245 e. The monoisotopic (exact) mass is 494 g/mol. The van der Waals surface area contributed by atoms with Gasteiger partial charge >= 0.3 is 0 Å². The van der Waals surface area contributed by atoms with E-state index in [0.717, 1.165) is 51.1 Å². The van der Waals surface area contributed by atoms with Crippen LogP contribution < -0.4 is 4.74 Å². The number of halogens is 1. The smallest absolute Gasteiger partial charge is 0.245 e. The van der Waals surface area contributed by atoms with Gasteiger partial charge in [-0.1, -0.05) is 44.2 Å². The van der Waals surface area contributed by atoms with Gasteiger partial charge in [0, 0.05) is 57.2 Å². The van der Waals surface area contributed by atoms with Crippen LogP contribution in [0.1, 0.15) is 58.4 Å². The molecule has 3 aliphatic rings. The van der Waals surface area contributed by atoms with Crippen LogP contribution in [0.4, 0.5) is 4.39 Å². The highest BCUT2D eigenvalue weighted by Gasteiger charge is 2.51. The average molecular weight is 495 g/mol. The van der Waals surface area contributed by atoms with Gasteiger partial charge in [0.2, 0.25) is 5.85 Å². The van der Waals surface area contributed by atoms with Crippen molar-refractivity contribution in [3.8, 4) is 5.75 Å². The van der Waals surface area contributed by atoms with E-state index in [4.69, 9.17) is 9.47 Å². The Morgan fingerprint density at radius 2 is 1.83 bits per heavy atom. The summed E-state index contributed by atoms with van der Waals surface area (Å²) in [6, 6.07) is 7.63. The van der Waals surface area contributed by atoms with E-state index in [2.05, 4.69) is 47.6 Å². The summed E-state index contributed by atoms with van der Waals surface area (Å²) in [6.45, 7) is 17.2. The van der Waals surface area contributed by atoms with E-state index in [-0.39, 0.29) is 0 Å². The molecule has 2 aliphatic heterocycles. The Bertz CT molecular complexity index is 978. The molecule has 0 bridgehead atoms. The first-order chi connectivity index (χ1) is 17.3. The molecule has 36 heavy (non-hydrogen) atoms. The van der Waals surface area contributed by atoms with Crippen molar-refractivity contribution in [2.75, 3.05) is 45.9 Å². The zero-order valence-corrected chi connectivity index (χ0v) is 22.4. The standard InChI is InChI=1S/C31H43FN2O2/c1-5-17-35-18-15-25(3)8-7-16-33-21-31(22-33)23-34(24-31)28-12-9-27(20-28)19-26-10-13-29(14-11-26)36-30(4,32)6-2/h9-14,19-20H,3,5-8,15-18,21-24H2,1-2,4H3. The highest BCUT2D eigenvalue weighted by molar-refractivity contribution is 5.63. The lowest BCUT2D eigenvalue weighted by Crippen LogP contribution is -2.71. The van der Waals surface area contributed by atoms with Crippen LogP contribution in [0.25, 0.3) is 6.08 Å². The number of likely N-dealkylation sites (tertiary alicyclic amines) is 2. The maximum atomic E-state index is 14.1. The molecule has 0 N–H and O–H groups in total. The third-order valence-electron chi connectivity index (χ3n) is 7.43. The quantitative estimate of drug-likeness (QED) is 0.210. The van der Waals surface area contributed by atoms with Crippen molar-refractivity contribution in [3.05, 3.63) is 71.5 Å². The third kappa shape index (κ3) is 7.10. The van der Waals surface area contributed by atoms with Gasteiger partial charge in [-0.15, -0.1) is 0 Å². The lowest BCUT2D eigenvalue weighted by molar-refractivity contribution is -0.0986. The summed E-state index contributed by atoms with van der Waals surface area (Å²) in [6.07, 6.45) is 13.5. The minimum atomic E-state index is -1.63. The molecule has 1 unspecified atom stereocenters. The van der Waals surface area contributed by atoms with Gasteiger partial charge in [-0.25, -0.2) is 0 Å². The fraction of sp³-hybridized carbons (Fsp3) is 0.548. The van der Waals surface area contributed by atoms with Gasteiger partial charge in [0.15, 0.2) is 0 Å². The van der Waals surface area contributed by atoms with Gasteiger partial charge in [0.25, 0.3) is 0 Å². The van der Waals surface area contributed by atoms with Crippen LogP contribution in [0.3, 0.4) is 0 Å². The minimum Gasteiger partial charge on any atom is -0.458 e. The van der Waals surface area contributed by atoms with E-state index in [1.54, 1.807) is 6.92 Å². The summed E-state index contributed by atoms with van der Waals surface area (Å²) < 4.78 is 25.1. The summed E-state index contributed by atoms with van der Waals surface area (Å²) in [4.78, 5) is 5.10. The molecule has 0 amide bonds. The molecule has 0 saturated carbocycles. The van der Waals surface area contributed by atoms with E-state index in [1.807, 2.05) is 24.3 Å². The van der Waals surface area contributed by atoms with E-state index >= 15 is 0 Å². The van der Waals surface area contributed by atoms with Gasteiger partial charge in [0.1, 0.15) is 5.75 Å². The van der Waals surface area contributed by atoms with Crippen LogP contribution in [0.2, 0.25) is 0 Å². The molecule has 2 heterocycles. The molecule has 2 saturated heterocycles. The molecular formula is C31H43FN2O2. The summed E-state index contributed by atoms with van der Waals surface area (Å²) >= 11 is 0. The molecule has 1 spiro atoms. The van der Waals surface area contributed by atoms with Gasteiger partial charge in [-0.2, -0.15) is 4.39 Å². The summed E-state index contributed by atoms with van der Waals surface area (Å²) in [5, 5.41) is 0. The first-order valence-corrected chi connectivity index (χ1v) is 13.6. The van der Waals surface area contributed by atoms with Gasteiger partial charge < -0.3 is 19.3 Å². The molecule has 1 atom stereocenters. The lowest BCUT2D eigenvalue weighted by atomic mass is 9.72. The Morgan fingerprint density at radius 1 is 1.08 bits per heavy atom. The Kier molecular flexibility index (Phi) is 8.74. The van der Waals surface area contributed by atoms with Crippen LogP contribution in [0.5, 0.6) is 5.75 Å². The number of allylic oxidation sites excluding steroid dienone is 4. The van der Waals surface area contributed by atoms with Crippen molar-refractivity contribution in [1.29, 1.82) is 0 Å². The van der Waals surface area contributed by atoms with Crippen LogP contribution >= 0.6 is 0 Å². The van der Waals surface area contributed by atoms with Crippen molar-refractivity contribution in [2.45, 2.75) is 58.7 Å². The van der Waals surface area contributed by atoms with Crippen LogP contribution in [0, 0.1) is 5.41 Å². The molecular weight excluding hydrogens is 451 g/mol. The molecule has 0 radical (unpaired) electrons. The zero-order chi connectivity index (χ0) is 25.6. The lowest BCUT2D eigenvalue weighted by Gasteiger charge is -2.61. The predicted octanol–water partition coefficient (Wildman–Crippen LogP) is 6.77. The molecule has 4 rings (SSSR count).